The average molecular weight is 315 g/mol. The SMILES string of the molecule is CC(C)(C#N)c1ncc(CNc2cccc(CC(=O)O)c2)s1. The molecule has 0 unspecified atom stereocenters. The summed E-state index contributed by atoms with van der Waals surface area (Å²) in [5, 5.41) is 22.0. The summed E-state index contributed by atoms with van der Waals surface area (Å²) in [7, 11) is 0. The Kier molecular flexibility index (Phi) is 4.78. The van der Waals surface area contributed by atoms with Gasteiger partial charge in [-0.2, -0.15) is 5.26 Å². The molecule has 1 heterocycles. The average Bonchev–Trinajstić information content (AvgIpc) is 2.94. The van der Waals surface area contributed by atoms with E-state index in [1.165, 1.54) is 11.3 Å². The molecule has 0 saturated heterocycles. The Morgan fingerprint density at radius 3 is 2.95 bits per heavy atom. The standard InChI is InChI=1S/C16H17N3O2S/c1-16(2,10-17)15-19-9-13(22-15)8-18-12-5-3-4-11(6-12)7-14(20)21/h3-6,9,18H,7-8H2,1-2H3,(H,20,21). The fourth-order valence-corrected chi connectivity index (χ4v) is 2.79. The first-order valence-electron chi connectivity index (χ1n) is 6.82. The van der Waals surface area contributed by atoms with Gasteiger partial charge >= 0.3 is 5.97 Å². The summed E-state index contributed by atoms with van der Waals surface area (Å²) in [5.74, 6) is -0.844. The number of nitrogens with one attached hydrogen (secondary N) is 1. The highest BCUT2D eigenvalue weighted by atomic mass is 32.1. The lowest BCUT2D eigenvalue weighted by atomic mass is 9.97. The number of rotatable bonds is 6. The number of anilines is 1. The van der Waals surface area contributed by atoms with Crippen molar-refractivity contribution in [3.63, 3.8) is 0 Å². The number of thiazole rings is 1. The van der Waals surface area contributed by atoms with Crippen molar-refractivity contribution in [2.75, 3.05) is 5.32 Å². The lowest BCUT2D eigenvalue weighted by Gasteiger charge is -2.10. The van der Waals surface area contributed by atoms with Gasteiger partial charge in [-0.1, -0.05) is 12.1 Å². The Morgan fingerprint density at radius 1 is 1.50 bits per heavy atom. The predicted octanol–water partition coefficient (Wildman–Crippen LogP) is 3.18. The number of hydrogen-bond acceptors (Lipinski definition) is 5. The summed E-state index contributed by atoms with van der Waals surface area (Å²) < 4.78 is 0. The van der Waals surface area contributed by atoms with Gasteiger partial charge in [-0.3, -0.25) is 4.79 Å². The number of nitrogens with zero attached hydrogens (tertiary/aromatic N) is 2. The third-order valence-electron chi connectivity index (χ3n) is 3.12. The van der Waals surface area contributed by atoms with E-state index in [-0.39, 0.29) is 6.42 Å². The molecular weight excluding hydrogens is 298 g/mol. The van der Waals surface area contributed by atoms with E-state index in [0.29, 0.717) is 6.54 Å². The molecule has 2 N–H and O–H groups in total. The van der Waals surface area contributed by atoms with E-state index < -0.39 is 11.4 Å². The maximum atomic E-state index is 10.7. The number of benzene rings is 1. The molecule has 1 aromatic carbocycles. The molecule has 0 saturated carbocycles. The first-order valence-corrected chi connectivity index (χ1v) is 7.63. The van der Waals surface area contributed by atoms with Crippen LogP contribution in [0.15, 0.2) is 30.5 Å². The van der Waals surface area contributed by atoms with Crippen LogP contribution in [0.1, 0.15) is 29.3 Å². The minimum Gasteiger partial charge on any atom is -0.481 e. The number of carboxylic acid groups (broad SMARTS) is 1. The maximum absolute atomic E-state index is 10.7. The molecule has 0 fully saturated rings. The zero-order valence-corrected chi connectivity index (χ0v) is 13.3. The van der Waals surface area contributed by atoms with Gasteiger partial charge in [-0.25, -0.2) is 4.98 Å². The lowest BCUT2D eigenvalue weighted by molar-refractivity contribution is -0.136. The summed E-state index contributed by atoms with van der Waals surface area (Å²) in [5.41, 5.74) is 1.05. The van der Waals surface area contributed by atoms with Gasteiger partial charge in [0, 0.05) is 16.8 Å². The fraction of sp³-hybridized carbons (Fsp3) is 0.312. The van der Waals surface area contributed by atoms with Crippen molar-refractivity contribution < 1.29 is 9.90 Å². The summed E-state index contributed by atoms with van der Waals surface area (Å²) in [6.07, 6.45) is 1.78. The molecule has 22 heavy (non-hydrogen) atoms. The molecule has 0 atom stereocenters. The van der Waals surface area contributed by atoms with Crippen LogP contribution >= 0.6 is 11.3 Å². The molecule has 114 valence electrons. The number of carboxylic acids is 1. The molecule has 0 aliphatic carbocycles. The van der Waals surface area contributed by atoms with Crippen LogP contribution in [-0.4, -0.2) is 16.1 Å². The quantitative estimate of drug-likeness (QED) is 0.855. The molecule has 0 spiro atoms. The molecule has 1 aromatic heterocycles. The Hall–Kier alpha value is -2.39. The second-order valence-corrected chi connectivity index (χ2v) is 6.61. The Labute approximate surface area is 133 Å². The third-order valence-corrected chi connectivity index (χ3v) is 4.44. The van der Waals surface area contributed by atoms with Crippen molar-refractivity contribution in [1.82, 2.24) is 4.98 Å². The minimum atomic E-state index is -0.844. The lowest BCUT2D eigenvalue weighted by Crippen LogP contribution is -2.12. The Morgan fingerprint density at radius 2 is 2.27 bits per heavy atom. The molecule has 0 aliphatic rings. The van der Waals surface area contributed by atoms with Crippen molar-refractivity contribution >= 4 is 23.0 Å². The summed E-state index contributed by atoms with van der Waals surface area (Å²) >= 11 is 1.51. The van der Waals surface area contributed by atoms with E-state index in [2.05, 4.69) is 16.4 Å². The monoisotopic (exact) mass is 315 g/mol. The second-order valence-electron chi connectivity index (χ2n) is 5.49. The van der Waals surface area contributed by atoms with Gasteiger partial charge in [0.05, 0.1) is 19.0 Å². The van der Waals surface area contributed by atoms with E-state index in [1.807, 2.05) is 32.0 Å². The fourth-order valence-electron chi connectivity index (χ4n) is 1.88. The van der Waals surface area contributed by atoms with E-state index in [9.17, 15) is 4.79 Å². The Bertz CT molecular complexity index is 716. The van der Waals surface area contributed by atoms with Crippen molar-refractivity contribution in [2.24, 2.45) is 0 Å². The van der Waals surface area contributed by atoms with Gasteiger partial charge in [0.1, 0.15) is 10.4 Å². The first-order chi connectivity index (χ1) is 10.4. The highest BCUT2D eigenvalue weighted by Gasteiger charge is 2.23. The van der Waals surface area contributed by atoms with E-state index in [0.717, 1.165) is 21.1 Å². The topological polar surface area (TPSA) is 86.0 Å². The van der Waals surface area contributed by atoms with E-state index in [4.69, 9.17) is 10.4 Å². The third kappa shape index (κ3) is 4.06. The number of carbonyl (C=O) groups is 1. The molecule has 0 aliphatic heterocycles. The first kappa shape index (κ1) is 16.0. The van der Waals surface area contributed by atoms with Crippen molar-refractivity contribution in [3.05, 3.63) is 45.9 Å². The number of aromatic nitrogens is 1. The molecule has 0 radical (unpaired) electrons. The molecule has 2 aromatic rings. The molecule has 6 heteroatoms. The van der Waals surface area contributed by atoms with Gasteiger partial charge < -0.3 is 10.4 Å². The molecule has 0 amide bonds. The molecule has 2 rings (SSSR count). The van der Waals surface area contributed by atoms with Crippen LogP contribution in [0.3, 0.4) is 0 Å². The largest absolute Gasteiger partial charge is 0.481 e. The predicted molar refractivity (Wildman–Crippen MR) is 85.9 cm³/mol. The highest BCUT2D eigenvalue weighted by molar-refractivity contribution is 7.11. The Balaban J connectivity index is 2.02. The van der Waals surface area contributed by atoms with Crippen LogP contribution in [0, 0.1) is 11.3 Å². The van der Waals surface area contributed by atoms with Crippen molar-refractivity contribution in [1.29, 1.82) is 5.26 Å². The molecule has 5 nitrogen and oxygen atoms in total. The zero-order valence-electron chi connectivity index (χ0n) is 12.5. The summed E-state index contributed by atoms with van der Waals surface area (Å²) in [6.45, 7) is 4.28. The van der Waals surface area contributed by atoms with E-state index >= 15 is 0 Å². The summed E-state index contributed by atoms with van der Waals surface area (Å²) in [6, 6.07) is 9.59. The van der Waals surface area contributed by atoms with Crippen molar-refractivity contribution in [2.45, 2.75) is 32.2 Å². The molecular formula is C16H17N3O2S. The normalized spacial score (nSPS) is 11.0. The number of hydrogen-bond donors (Lipinski definition) is 2. The van der Waals surface area contributed by atoms with E-state index in [1.54, 1.807) is 12.3 Å². The van der Waals surface area contributed by atoms with Crippen molar-refractivity contribution in [3.8, 4) is 6.07 Å². The minimum absolute atomic E-state index is 0.0105. The second kappa shape index (κ2) is 6.58. The van der Waals surface area contributed by atoms with Crippen LogP contribution in [0.5, 0.6) is 0 Å². The van der Waals surface area contributed by atoms with Gasteiger partial charge in [0.15, 0.2) is 0 Å². The maximum Gasteiger partial charge on any atom is 0.307 e. The van der Waals surface area contributed by atoms with Crippen LogP contribution in [0.25, 0.3) is 0 Å². The van der Waals surface area contributed by atoms with Crippen LogP contribution in [-0.2, 0) is 23.2 Å². The van der Waals surface area contributed by atoms with Gasteiger partial charge in [-0.15, -0.1) is 11.3 Å². The summed E-state index contributed by atoms with van der Waals surface area (Å²) in [4.78, 5) is 16.1. The van der Waals surface area contributed by atoms with Crippen LogP contribution in [0.4, 0.5) is 5.69 Å². The zero-order chi connectivity index (χ0) is 16.2. The number of nitriles is 1. The van der Waals surface area contributed by atoms with Crippen LogP contribution < -0.4 is 5.32 Å². The van der Waals surface area contributed by atoms with Gasteiger partial charge in [-0.05, 0) is 31.5 Å². The van der Waals surface area contributed by atoms with Crippen LogP contribution in [0.2, 0.25) is 0 Å². The molecule has 0 bridgehead atoms. The van der Waals surface area contributed by atoms with Gasteiger partial charge in [0.2, 0.25) is 0 Å². The number of aliphatic carboxylic acids is 1. The highest BCUT2D eigenvalue weighted by Crippen LogP contribution is 2.27. The smallest absolute Gasteiger partial charge is 0.307 e. The van der Waals surface area contributed by atoms with Gasteiger partial charge in [0.25, 0.3) is 0 Å².